The summed E-state index contributed by atoms with van der Waals surface area (Å²) in [6.45, 7) is 0.441. The number of aliphatic hydroxyl groups is 2. The smallest absolute Gasteiger partial charge is 0.255 e. The van der Waals surface area contributed by atoms with Crippen LogP contribution in [0.4, 0.5) is 0 Å². The summed E-state index contributed by atoms with van der Waals surface area (Å²) in [5.41, 5.74) is 0.647. The van der Waals surface area contributed by atoms with Gasteiger partial charge in [-0.1, -0.05) is 24.7 Å². The molecule has 0 spiro atoms. The van der Waals surface area contributed by atoms with Crippen LogP contribution in [0.5, 0.6) is 0 Å². The highest BCUT2D eigenvalue weighted by Crippen LogP contribution is 2.25. The summed E-state index contributed by atoms with van der Waals surface area (Å²) in [6, 6.07) is 2.06. The van der Waals surface area contributed by atoms with E-state index in [-0.39, 0.29) is 25.2 Å². The predicted molar refractivity (Wildman–Crippen MR) is 83.3 cm³/mol. The van der Waals surface area contributed by atoms with Gasteiger partial charge in [-0.25, -0.2) is 0 Å². The number of aliphatic hydroxyl groups excluding tert-OH is 2. The van der Waals surface area contributed by atoms with E-state index in [9.17, 15) is 9.90 Å². The van der Waals surface area contributed by atoms with E-state index in [1.807, 2.05) is 5.38 Å². The lowest BCUT2D eigenvalue weighted by atomic mass is 10.1. The number of carbonyl (C=O) groups is 1. The highest BCUT2D eigenvalue weighted by atomic mass is 32.1. The van der Waals surface area contributed by atoms with E-state index in [0.717, 1.165) is 30.6 Å². The predicted octanol–water partition coefficient (Wildman–Crippen LogP) is 1.86. The van der Waals surface area contributed by atoms with E-state index in [1.165, 1.54) is 11.3 Å². The summed E-state index contributed by atoms with van der Waals surface area (Å²) in [5.74, 6) is 5.80. The molecule has 1 saturated carbocycles. The van der Waals surface area contributed by atoms with E-state index in [1.54, 1.807) is 11.0 Å². The van der Waals surface area contributed by atoms with Gasteiger partial charge in [0.25, 0.3) is 5.91 Å². The van der Waals surface area contributed by atoms with Crippen LogP contribution >= 0.6 is 11.3 Å². The molecule has 4 nitrogen and oxygen atoms in total. The topological polar surface area (TPSA) is 60.8 Å². The van der Waals surface area contributed by atoms with Gasteiger partial charge in [-0.05, 0) is 18.9 Å². The van der Waals surface area contributed by atoms with Gasteiger partial charge in [0.2, 0.25) is 0 Å². The van der Waals surface area contributed by atoms with E-state index >= 15 is 0 Å². The average Bonchev–Trinajstić information content (AvgIpc) is 3.16. The van der Waals surface area contributed by atoms with Crippen molar-refractivity contribution in [1.82, 2.24) is 4.90 Å². The number of nitrogens with zero attached hydrogens (tertiary/aromatic N) is 1. The van der Waals surface area contributed by atoms with Crippen LogP contribution in [0.15, 0.2) is 11.4 Å². The van der Waals surface area contributed by atoms with E-state index in [4.69, 9.17) is 5.11 Å². The molecule has 0 atom stereocenters. The number of carbonyl (C=O) groups excluding carboxylic acids is 1. The Balaban J connectivity index is 2.08. The monoisotopic (exact) mass is 307 g/mol. The molecule has 0 radical (unpaired) electrons. The van der Waals surface area contributed by atoms with Crippen LogP contribution in [-0.4, -0.2) is 46.8 Å². The van der Waals surface area contributed by atoms with Crippen LogP contribution < -0.4 is 0 Å². The fraction of sp³-hybridized carbons (Fsp3) is 0.562. The van der Waals surface area contributed by atoms with E-state index < -0.39 is 0 Å². The third-order valence-electron chi connectivity index (χ3n) is 3.66. The van der Waals surface area contributed by atoms with Gasteiger partial charge in [0.1, 0.15) is 0 Å². The summed E-state index contributed by atoms with van der Waals surface area (Å²) < 4.78 is 0. The van der Waals surface area contributed by atoms with Gasteiger partial charge < -0.3 is 15.1 Å². The Kier molecular flexibility index (Phi) is 6.24. The number of amides is 1. The molecular formula is C16H21NO3S. The van der Waals surface area contributed by atoms with Crippen LogP contribution in [0, 0.1) is 11.8 Å². The van der Waals surface area contributed by atoms with Gasteiger partial charge in [0.05, 0.1) is 23.7 Å². The number of thiophene rings is 1. The SMILES string of the molecule is O=C(c1csc(C#CCCO)c1)N(CCO)C1CCCC1. The largest absolute Gasteiger partial charge is 0.395 e. The lowest BCUT2D eigenvalue weighted by molar-refractivity contribution is 0.0638. The Morgan fingerprint density at radius 3 is 2.76 bits per heavy atom. The first-order chi connectivity index (χ1) is 10.3. The molecule has 1 aliphatic rings. The fourth-order valence-electron chi connectivity index (χ4n) is 2.66. The van der Waals surface area contributed by atoms with E-state index in [0.29, 0.717) is 18.5 Å². The molecule has 1 amide bonds. The Labute approximate surface area is 129 Å². The highest BCUT2D eigenvalue weighted by Gasteiger charge is 2.27. The number of rotatable bonds is 5. The zero-order valence-electron chi connectivity index (χ0n) is 12.0. The molecular weight excluding hydrogens is 286 g/mol. The molecule has 5 heteroatoms. The van der Waals surface area contributed by atoms with Crippen molar-refractivity contribution in [3.63, 3.8) is 0 Å². The first kappa shape index (κ1) is 16.0. The summed E-state index contributed by atoms with van der Waals surface area (Å²) in [7, 11) is 0. The normalized spacial score (nSPS) is 14.8. The Morgan fingerprint density at radius 1 is 1.33 bits per heavy atom. The standard InChI is InChI=1S/C16H21NO3S/c18-9-4-3-7-15-11-13(12-21-15)16(20)17(8-10-19)14-5-1-2-6-14/h11-12,14,18-19H,1-2,4-6,8-10H2. The molecule has 1 aromatic rings. The van der Waals surface area contributed by atoms with Crippen molar-refractivity contribution >= 4 is 17.2 Å². The molecule has 114 valence electrons. The Hall–Kier alpha value is -1.35. The van der Waals surface area contributed by atoms with E-state index in [2.05, 4.69) is 11.8 Å². The zero-order chi connectivity index (χ0) is 15.1. The highest BCUT2D eigenvalue weighted by molar-refractivity contribution is 7.10. The molecule has 1 heterocycles. The number of hydrogen-bond donors (Lipinski definition) is 2. The van der Waals surface area contributed by atoms with Crippen LogP contribution in [0.2, 0.25) is 0 Å². The van der Waals surface area contributed by atoms with Crippen molar-refractivity contribution < 1.29 is 15.0 Å². The van der Waals surface area contributed by atoms with Crippen LogP contribution in [0.25, 0.3) is 0 Å². The first-order valence-corrected chi connectivity index (χ1v) is 8.24. The van der Waals surface area contributed by atoms with Gasteiger partial charge in [-0.3, -0.25) is 4.79 Å². The quantitative estimate of drug-likeness (QED) is 0.816. The Morgan fingerprint density at radius 2 is 2.10 bits per heavy atom. The second kappa shape index (κ2) is 8.18. The molecule has 0 aromatic carbocycles. The minimum Gasteiger partial charge on any atom is -0.395 e. The van der Waals surface area contributed by atoms with Crippen molar-refractivity contribution in [2.75, 3.05) is 19.8 Å². The Bertz CT molecular complexity index is 523. The van der Waals surface area contributed by atoms with Crippen LogP contribution in [0.3, 0.4) is 0 Å². The summed E-state index contributed by atoms with van der Waals surface area (Å²) in [4.78, 5) is 15.2. The second-order valence-electron chi connectivity index (χ2n) is 5.14. The summed E-state index contributed by atoms with van der Waals surface area (Å²) >= 11 is 1.44. The van der Waals surface area contributed by atoms with Gasteiger partial charge in [-0.15, -0.1) is 11.3 Å². The van der Waals surface area contributed by atoms with Gasteiger partial charge in [0, 0.05) is 24.4 Å². The lowest BCUT2D eigenvalue weighted by Gasteiger charge is -2.28. The third-order valence-corrected chi connectivity index (χ3v) is 4.51. The van der Waals surface area contributed by atoms with Crippen molar-refractivity contribution in [2.45, 2.75) is 38.1 Å². The minimum atomic E-state index is -0.0117. The molecule has 1 fully saturated rings. The summed E-state index contributed by atoms with van der Waals surface area (Å²) in [6.07, 6.45) is 4.81. The van der Waals surface area contributed by atoms with Crippen molar-refractivity contribution in [1.29, 1.82) is 0 Å². The van der Waals surface area contributed by atoms with Crippen molar-refractivity contribution in [2.24, 2.45) is 0 Å². The summed E-state index contributed by atoms with van der Waals surface area (Å²) in [5, 5.41) is 19.7. The first-order valence-electron chi connectivity index (χ1n) is 7.36. The second-order valence-corrected chi connectivity index (χ2v) is 6.05. The average molecular weight is 307 g/mol. The maximum atomic E-state index is 12.6. The lowest BCUT2D eigenvalue weighted by Crippen LogP contribution is -2.40. The van der Waals surface area contributed by atoms with Crippen LogP contribution in [-0.2, 0) is 0 Å². The van der Waals surface area contributed by atoms with Gasteiger partial charge in [-0.2, -0.15) is 0 Å². The fourth-order valence-corrected chi connectivity index (χ4v) is 3.41. The number of hydrogen-bond acceptors (Lipinski definition) is 4. The van der Waals surface area contributed by atoms with Gasteiger partial charge in [0.15, 0.2) is 0 Å². The zero-order valence-corrected chi connectivity index (χ0v) is 12.9. The minimum absolute atomic E-state index is 0.00442. The van der Waals surface area contributed by atoms with Gasteiger partial charge >= 0.3 is 0 Å². The third kappa shape index (κ3) is 4.31. The maximum absolute atomic E-state index is 12.6. The molecule has 0 aliphatic heterocycles. The molecule has 0 bridgehead atoms. The molecule has 21 heavy (non-hydrogen) atoms. The van der Waals surface area contributed by atoms with Crippen molar-refractivity contribution in [3.8, 4) is 11.8 Å². The maximum Gasteiger partial charge on any atom is 0.255 e. The molecule has 0 saturated heterocycles. The molecule has 1 aromatic heterocycles. The molecule has 1 aliphatic carbocycles. The van der Waals surface area contributed by atoms with Crippen LogP contribution in [0.1, 0.15) is 47.3 Å². The molecule has 2 rings (SSSR count). The molecule has 0 unspecified atom stereocenters. The molecule has 2 N–H and O–H groups in total. The van der Waals surface area contributed by atoms with Crippen molar-refractivity contribution in [3.05, 3.63) is 21.9 Å².